The quantitative estimate of drug-likeness (QED) is 0.606. The number of hydrogen-bond donors (Lipinski definition) is 3. The molecule has 3 nitrogen and oxygen atoms in total. The van der Waals surface area contributed by atoms with Gasteiger partial charge < -0.3 is 0 Å². The molecule has 0 saturated carbocycles. The van der Waals surface area contributed by atoms with Crippen molar-refractivity contribution in [3.63, 3.8) is 0 Å². The van der Waals surface area contributed by atoms with E-state index in [9.17, 15) is 8.42 Å². The van der Waals surface area contributed by atoms with Crippen LogP contribution < -0.4 is 4.72 Å². The van der Waals surface area contributed by atoms with E-state index in [1.807, 2.05) is 0 Å². The Kier molecular flexibility index (Phi) is 2.78. The molecule has 0 bridgehead atoms. The topological polar surface area (TPSA) is 46.2 Å². The molecule has 1 aromatic carbocycles. The van der Waals surface area contributed by atoms with Crippen molar-refractivity contribution in [1.29, 1.82) is 0 Å². The Morgan fingerprint density at radius 2 is 1.91 bits per heavy atom. The molecule has 0 aliphatic carbocycles. The van der Waals surface area contributed by atoms with E-state index in [1.54, 1.807) is 24.3 Å². The fraction of sp³-hybridized carbons (Fsp3) is 0. The molecule has 11 heavy (non-hydrogen) atoms. The van der Waals surface area contributed by atoms with Gasteiger partial charge in [-0.3, -0.25) is 4.72 Å². The molecule has 1 rings (SSSR count). The molecule has 60 valence electrons. The minimum Gasteiger partial charge on any atom is -0.285 e. The van der Waals surface area contributed by atoms with Crippen LogP contribution in [0, 0.1) is 0 Å². The largest absolute Gasteiger partial charge is 0.285 e. The van der Waals surface area contributed by atoms with Gasteiger partial charge in [-0.1, -0.05) is 12.1 Å². The summed E-state index contributed by atoms with van der Waals surface area (Å²) in [5, 5.41) is 0. The molecule has 0 heterocycles. The summed E-state index contributed by atoms with van der Waals surface area (Å²) in [5.74, 6) is 0. The minimum absolute atomic E-state index is 0.506. The first-order chi connectivity index (χ1) is 5.20. The third kappa shape index (κ3) is 2.44. The Balaban J connectivity index is 2.94. The predicted molar refractivity (Wildman–Crippen MR) is 47.6 cm³/mol. The summed E-state index contributed by atoms with van der Waals surface area (Å²) in [4.78, 5) is 0.617. The predicted octanol–water partition coefficient (Wildman–Crippen LogP) is 0.914. The van der Waals surface area contributed by atoms with Crippen LogP contribution in [-0.2, 0) is 10.9 Å². The number of benzene rings is 1. The van der Waals surface area contributed by atoms with Gasteiger partial charge in [0.2, 0.25) is 10.9 Å². The average molecular weight is 189 g/mol. The normalized spacial score (nSPS) is 10.0. The Morgan fingerprint density at radius 3 is 2.45 bits per heavy atom. The van der Waals surface area contributed by atoms with Crippen LogP contribution in [0.1, 0.15) is 0 Å². The highest BCUT2D eigenvalue weighted by Gasteiger charge is 1.94. The lowest BCUT2D eigenvalue weighted by Gasteiger charge is -2.00. The average Bonchev–Trinajstić information content (AvgIpc) is 1.93. The highest BCUT2D eigenvalue weighted by atomic mass is 32.2. The number of rotatable bonds is 2. The van der Waals surface area contributed by atoms with E-state index in [0.717, 1.165) is 0 Å². The van der Waals surface area contributed by atoms with E-state index in [0.29, 0.717) is 10.6 Å². The molecule has 0 aliphatic heterocycles. The third-order valence-corrected chi connectivity index (χ3v) is 1.93. The Bertz CT molecular complexity index is 314. The molecule has 1 aromatic rings. The molecule has 0 aromatic heterocycles. The second kappa shape index (κ2) is 3.64. The summed E-state index contributed by atoms with van der Waals surface area (Å²) in [6, 6.07) is 6.88. The van der Waals surface area contributed by atoms with E-state index in [1.165, 1.54) is 0 Å². The van der Waals surface area contributed by atoms with Crippen molar-refractivity contribution in [2.45, 2.75) is 4.90 Å². The molecule has 0 amide bonds. The molecule has 5 heteroatoms. The SMILES string of the molecule is O=[SH](=O)Nc1ccccc1S. The van der Waals surface area contributed by atoms with Gasteiger partial charge in [-0.2, -0.15) is 0 Å². The number of nitrogens with one attached hydrogen (secondary N) is 1. The van der Waals surface area contributed by atoms with Crippen molar-refractivity contribution in [3.05, 3.63) is 24.3 Å². The standard InChI is InChI=1S/C6H7NO2S2/c8-11(9)7-5-3-1-2-4-6(5)10/h1-4,10-11H,(H,7,8,9). The molecule has 0 fully saturated rings. The van der Waals surface area contributed by atoms with Crippen molar-refractivity contribution in [2.24, 2.45) is 0 Å². The minimum atomic E-state index is -2.59. The zero-order valence-corrected chi connectivity index (χ0v) is 7.31. The van der Waals surface area contributed by atoms with Crippen LogP contribution in [0.25, 0.3) is 0 Å². The molecule has 0 saturated heterocycles. The van der Waals surface area contributed by atoms with Crippen LogP contribution in [0.3, 0.4) is 0 Å². The monoisotopic (exact) mass is 189 g/mol. The second-order valence-electron chi connectivity index (χ2n) is 1.89. The first-order valence-corrected chi connectivity index (χ1v) is 4.51. The Hall–Kier alpha value is -0.680. The molecule has 1 N–H and O–H groups in total. The van der Waals surface area contributed by atoms with Gasteiger partial charge in [-0.25, -0.2) is 8.42 Å². The van der Waals surface area contributed by atoms with Gasteiger partial charge in [-0.15, -0.1) is 12.6 Å². The van der Waals surface area contributed by atoms with E-state index in [2.05, 4.69) is 17.4 Å². The summed E-state index contributed by atoms with van der Waals surface area (Å²) in [7, 11) is -2.59. The molecular weight excluding hydrogens is 182 g/mol. The second-order valence-corrected chi connectivity index (χ2v) is 3.11. The zero-order chi connectivity index (χ0) is 8.27. The maximum Gasteiger partial charge on any atom is 0.222 e. The van der Waals surface area contributed by atoms with E-state index in [4.69, 9.17) is 0 Å². The maximum absolute atomic E-state index is 10.2. The summed E-state index contributed by atoms with van der Waals surface area (Å²) < 4.78 is 22.7. The van der Waals surface area contributed by atoms with Gasteiger partial charge in [0, 0.05) is 4.90 Å². The van der Waals surface area contributed by atoms with Gasteiger partial charge in [0.15, 0.2) is 0 Å². The van der Waals surface area contributed by atoms with Crippen molar-refractivity contribution in [3.8, 4) is 0 Å². The lowest BCUT2D eigenvalue weighted by molar-refractivity contribution is 0.619. The first kappa shape index (κ1) is 8.42. The number of para-hydroxylation sites is 1. The van der Waals surface area contributed by atoms with Gasteiger partial charge in [-0.05, 0) is 12.1 Å². The Labute approximate surface area is 71.9 Å². The molecule has 0 atom stereocenters. The van der Waals surface area contributed by atoms with Crippen LogP contribution >= 0.6 is 12.6 Å². The molecular formula is C6H7NO2S2. The first-order valence-electron chi connectivity index (χ1n) is 2.89. The third-order valence-electron chi connectivity index (χ3n) is 1.12. The van der Waals surface area contributed by atoms with Crippen LogP contribution in [-0.4, -0.2) is 8.42 Å². The lowest BCUT2D eigenvalue weighted by Crippen LogP contribution is -1.94. The lowest BCUT2D eigenvalue weighted by atomic mass is 10.3. The number of thiol groups is 2. The summed E-state index contributed by atoms with van der Waals surface area (Å²) in [6.45, 7) is 0. The smallest absolute Gasteiger partial charge is 0.222 e. The van der Waals surface area contributed by atoms with E-state index in [-0.39, 0.29) is 0 Å². The van der Waals surface area contributed by atoms with Gasteiger partial charge >= 0.3 is 0 Å². The molecule has 0 spiro atoms. The van der Waals surface area contributed by atoms with Gasteiger partial charge in [0.25, 0.3) is 0 Å². The van der Waals surface area contributed by atoms with Crippen molar-refractivity contribution in [1.82, 2.24) is 0 Å². The highest BCUT2D eigenvalue weighted by molar-refractivity contribution is 7.80. The van der Waals surface area contributed by atoms with Crippen LogP contribution in [0.4, 0.5) is 5.69 Å². The van der Waals surface area contributed by atoms with Gasteiger partial charge in [0.1, 0.15) is 0 Å². The van der Waals surface area contributed by atoms with Gasteiger partial charge in [0.05, 0.1) is 5.69 Å². The summed E-state index contributed by atoms with van der Waals surface area (Å²) in [6.07, 6.45) is 0. The fourth-order valence-corrected chi connectivity index (χ4v) is 1.36. The van der Waals surface area contributed by atoms with Crippen LogP contribution in [0.2, 0.25) is 0 Å². The van der Waals surface area contributed by atoms with Crippen LogP contribution in [0.5, 0.6) is 0 Å². The summed E-state index contributed by atoms with van der Waals surface area (Å²) in [5.41, 5.74) is 0.506. The molecule has 0 unspecified atom stereocenters. The zero-order valence-electron chi connectivity index (χ0n) is 5.52. The molecule has 0 radical (unpaired) electrons. The Morgan fingerprint density at radius 1 is 1.27 bits per heavy atom. The maximum atomic E-state index is 10.2. The highest BCUT2D eigenvalue weighted by Crippen LogP contribution is 2.17. The van der Waals surface area contributed by atoms with Crippen molar-refractivity contribution < 1.29 is 8.42 Å². The van der Waals surface area contributed by atoms with E-state index < -0.39 is 10.9 Å². The van der Waals surface area contributed by atoms with E-state index >= 15 is 0 Å². The number of hydrogen-bond acceptors (Lipinski definition) is 3. The van der Waals surface area contributed by atoms with Crippen molar-refractivity contribution >= 4 is 29.2 Å². The fourth-order valence-electron chi connectivity index (χ4n) is 0.667. The van der Waals surface area contributed by atoms with Crippen molar-refractivity contribution in [2.75, 3.05) is 4.72 Å². The number of anilines is 1. The summed E-state index contributed by atoms with van der Waals surface area (Å²) >= 11 is 4.04. The molecule has 0 aliphatic rings. The van der Waals surface area contributed by atoms with Crippen LogP contribution in [0.15, 0.2) is 29.2 Å².